The molecular weight excluding hydrogens is 304 g/mol. The number of nitrogens with zero attached hydrogens (tertiary/aromatic N) is 5. The zero-order chi connectivity index (χ0) is 16.9. The topological polar surface area (TPSA) is 91.6 Å². The minimum Gasteiger partial charge on any atom is -0.368 e. The number of carbonyl (C=O) groups is 1. The lowest BCUT2D eigenvalue weighted by atomic mass is 10.1. The van der Waals surface area contributed by atoms with Gasteiger partial charge in [0, 0.05) is 25.4 Å². The van der Waals surface area contributed by atoms with Crippen molar-refractivity contribution in [2.75, 3.05) is 0 Å². The Morgan fingerprint density at radius 2 is 2.08 bits per heavy atom. The monoisotopic (exact) mass is 324 g/mol. The number of benzene rings is 1. The molecule has 0 saturated heterocycles. The van der Waals surface area contributed by atoms with Gasteiger partial charge in [0.1, 0.15) is 11.7 Å². The van der Waals surface area contributed by atoms with E-state index in [1.807, 2.05) is 41.1 Å². The van der Waals surface area contributed by atoms with Crippen LogP contribution >= 0.6 is 0 Å². The van der Waals surface area contributed by atoms with Gasteiger partial charge >= 0.3 is 0 Å². The third kappa shape index (κ3) is 3.34. The van der Waals surface area contributed by atoms with Crippen LogP contribution in [0.1, 0.15) is 24.9 Å². The molecule has 0 unspecified atom stereocenters. The molecule has 2 heterocycles. The summed E-state index contributed by atoms with van der Waals surface area (Å²) in [5.74, 6) is 0.304. The summed E-state index contributed by atoms with van der Waals surface area (Å²) in [7, 11) is 0. The third-order valence-corrected chi connectivity index (χ3v) is 3.84. The molecule has 1 amide bonds. The fourth-order valence-electron chi connectivity index (χ4n) is 2.66. The lowest BCUT2D eigenvalue weighted by Crippen LogP contribution is -2.28. The number of nitrogens with two attached hydrogens (primary N) is 1. The Morgan fingerprint density at radius 1 is 1.29 bits per heavy atom. The van der Waals surface area contributed by atoms with Gasteiger partial charge in [-0.15, -0.1) is 5.10 Å². The molecule has 1 atom stereocenters. The molecule has 0 aliphatic rings. The Kier molecular flexibility index (Phi) is 4.69. The van der Waals surface area contributed by atoms with Crippen LogP contribution in [0.3, 0.4) is 0 Å². The largest absolute Gasteiger partial charge is 0.368 e. The molecule has 7 nitrogen and oxygen atoms in total. The second-order valence-electron chi connectivity index (χ2n) is 5.64. The van der Waals surface area contributed by atoms with E-state index in [4.69, 9.17) is 5.73 Å². The van der Waals surface area contributed by atoms with Crippen LogP contribution in [-0.2, 0) is 17.8 Å². The van der Waals surface area contributed by atoms with Crippen LogP contribution in [0.4, 0.5) is 0 Å². The molecule has 0 aliphatic carbocycles. The lowest BCUT2D eigenvalue weighted by Gasteiger charge is -2.13. The number of primary amides is 1. The second-order valence-corrected chi connectivity index (χ2v) is 5.64. The predicted octanol–water partition coefficient (Wildman–Crippen LogP) is 1.82. The molecule has 3 rings (SSSR count). The maximum absolute atomic E-state index is 11.9. The fourth-order valence-corrected chi connectivity index (χ4v) is 2.66. The van der Waals surface area contributed by atoms with Crippen molar-refractivity contribution >= 4 is 5.91 Å². The Hall–Kier alpha value is -2.96. The molecule has 124 valence electrons. The number of aromatic nitrogens is 5. The van der Waals surface area contributed by atoms with Crippen molar-refractivity contribution in [3.05, 3.63) is 54.5 Å². The lowest BCUT2D eigenvalue weighted by molar-refractivity contribution is -0.121. The number of carbonyl (C=O) groups excluding carboxylic acids is 1. The third-order valence-electron chi connectivity index (χ3n) is 3.84. The highest BCUT2D eigenvalue weighted by Gasteiger charge is 2.21. The van der Waals surface area contributed by atoms with E-state index in [0.29, 0.717) is 12.1 Å². The Bertz CT molecular complexity index is 807. The van der Waals surface area contributed by atoms with Crippen LogP contribution in [0.2, 0.25) is 0 Å². The van der Waals surface area contributed by atoms with Crippen molar-refractivity contribution < 1.29 is 4.79 Å². The minimum atomic E-state index is -0.580. The number of amides is 1. The van der Waals surface area contributed by atoms with Gasteiger partial charge in [0.15, 0.2) is 5.82 Å². The molecule has 7 heteroatoms. The zero-order valence-electron chi connectivity index (χ0n) is 13.5. The van der Waals surface area contributed by atoms with Gasteiger partial charge in [-0.3, -0.25) is 4.79 Å². The van der Waals surface area contributed by atoms with Crippen LogP contribution in [0.15, 0.2) is 48.9 Å². The summed E-state index contributed by atoms with van der Waals surface area (Å²) in [6.45, 7) is 2.95. The molecule has 0 bridgehead atoms. The van der Waals surface area contributed by atoms with Crippen molar-refractivity contribution in [1.82, 2.24) is 24.5 Å². The van der Waals surface area contributed by atoms with E-state index in [-0.39, 0.29) is 0 Å². The van der Waals surface area contributed by atoms with E-state index in [1.54, 1.807) is 12.4 Å². The quantitative estimate of drug-likeness (QED) is 0.717. The Morgan fingerprint density at radius 3 is 2.79 bits per heavy atom. The maximum Gasteiger partial charge on any atom is 0.242 e. The molecule has 0 saturated carbocycles. The van der Waals surface area contributed by atoms with Gasteiger partial charge in [-0.1, -0.05) is 42.5 Å². The molecule has 0 spiro atoms. The predicted molar refractivity (Wildman–Crippen MR) is 89.9 cm³/mol. The molecule has 24 heavy (non-hydrogen) atoms. The highest BCUT2D eigenvalue weighted by atomic mass is 16.1. The molecular formula is C17H20N6O. The van der Waals surface area contributed by atoms with Crippen molar-refractivity contribution in [1.29, 1.82) is 0 Å². The van der Waals surface area contributed by atoms with Gasteiger partial charge in [-0.25, -0.2) is 9.67 Å². The first kappa shape index (κ1) is 15.9. The average molecular weight is 324 g/mol. The molecule has 0 fully saturated rings. The highest BCUT2D eigenvalue weighted by Crippen LogP contribution is 2.18. The number of hydrogen-bond donors (Lipinski definition) is 1. The summed E-state index contributed by atoms with van der Waals surface area (Å²) in [5, 5.41) is 8.27. The summed E-state index contributed by atoms with van der Waals surface area (Å²) in [5.41, 5.74) is 7.23. The fraction of sp³-hybridized carbons (Fsp3) is 0.294. The van der Waals surface area contributed by atoms with E-state index < -0.39 is 11.9 Å². The smallest absolute Gasteiger partial charge is 0.242 e. The minimum absolute atomic E-state index is 0.438. The zero-order valence-corrected chi connectivity index (χ0v) is 13.5. The van der Waals surface area contributed by atoms with Crippen molar-refractivity contribution in [3.8, 4) is 11.5 Å². The average Bonchev–Trinajstić information content (AvgIpc) is 3.22. The molecule has 1 aromatic carbocycles. The molecule has 2 N–H and O–H groups in total. The first-order chi connectivity index (χ1) is 11.7. The van der Waals surface area contributed by atoms with Gasteiger partial charge < -0.3 is 10.3 Å². The maximum atomic E-state index is 11.9. The van der Waals surface area contributed by atoms with E-state index in [9.17, 15) is 4.79 Å². The summed E-state index contributed by atoms with van der Waals surface area (Å²) < 4.78 is 3.54. The van der Waals surface area contributed by atoms with Crippen LogP contribution in [0, 0.1) is 0 Å². The molecule has 0 aliphatic heterocycles. The van der Waals surface area contributed by atoms with E-state index >= 15 is 0 Å². The SMILES string of the molecule is CCCn1ccnc1-c1cn([C@@H](Cc2ccccc2)C(N)=O)nn1. The summed E-state index contributed by atoms with van der Waals surface area (Å²) >= 11 is 0. The summed E-state index contributed by atoms with van der Waals surface area (Å²) in [6, 6.07) is 9.14. The molecule has 3 aromatic rings. The van der Waals surface area contributed by atoms with Crippen molar-refractivity contribution in [2.24, 2.45) is 5.73 Å². The Labute approximate surface area is 140 Å². The van der Waals surface area contributed by atoms with Gasteiger partial charge in [-0.05, 0) is 12.0 Å². The number of rotatable bonds is 7. The standard InChI is InChI=1S/C17H20N6O/c1-2-9-22-10-8-19-17(22)14-12-23(21-20-14)15(16(18)24)11-13-6-4-3-5-7-13/h3-8,10,12,15H,2,9,11H2,1H3,(H2,18,24)/t15-/m0/s1. The van der Waals surface area contributed by atoms with Gasteiger partial charge in [0.25, 0.3) is 0 Å². The number of imidazole rings is 1. The van der Waals surface area contributed by atoms with Crippen molar-refractivity contribution in [3.63, 3.8) is 0 Å². The van der Waals surface area contributed by atoms with Gasteiger partial charge in [-0.2, -0.15) is 0 Å². The van der Waals surface area contributed by atoms with E-state index in [2.05, 4.69) is 22.2 Å². The molecule has 2 aromatic heterocycles. The van der Waals surface area contributed by atoms with E-state index in [0.717, 1.165) is 24.4 Å². The first-order valence-electron chi connectivity index (χ1n) is 7.95. The highest BCUT2D eigenvalue weighted by molar-refractivity contribution is 5.78. The Balaban J connectivity index is 1.86. The summed E-state index contributed by atoms with van der Waals surface area (Å²) in [6.07, 6.45) is 6.84. The number of hydrogen-bond acceptors (Lipinski definition) is 4. The van der Waals surface area contributed by atoms with E-state index in [1.165, 1.54) is 4.68 Å². The first-order valence-corrected chi connectivity index (χ1v) is 7.95. The number of aryl methyl sites for hydroxylation is 1. The van der Waals surface area contributed by atoms with Crippen LogP contribution in [0.5, 0.6) is 0 Å². The van der Waals surface area contributed by atoms with Crippen molar-refractivity contribution in [2.45, 2.75) is 32.4 Å². The van der Waals surface area contributed by atoms with Gasteiger partial charge in [0.05, 0.1) is 6.20 Å². The van der Waals surface area contributed by atoms with Gasteiger partial charge in [0.2, 0.25) is 5.91 Å². The summed E-state index contributed by atoms with van der Waals surface area (Å²) in [4.78, 5) is 16.2. The van der Waals surface area contributed by atoms with Crippen LogP contribution in [0.25, 0.3) is 11.5 Å². The second kappa shape index (κ2) is 7.08. The normalized spacial score (nSPS) is 12.2. The van der Waals surface area contributed by atoms with Crippen LogP contribution in [-0.4, -0.2) is 30.5 Å². The molecule has 0 radical (unpaired) electrons. The van der Waals surface area contributed by atoms with Crippen LogP contribution < -0.4 is 5.73 Å².